The first-order valence-corrected chi connectivity index (χ1v) is 21.4. The Kier molecular flexibility index (Phi) is 13.2. The highest BCUT2D eigenvalue weighted by molar-refractivity contribution is 7.99. The van der Waals surface area contributed by atoms with Gasteiger partial charge in [0.25, 0.3) is 11.8 Å². The van der Waals surface area contributed by atoms with Gasteiger partial charge in [-0.1, -0.05) is 36.4 Å². The number of nitrogen functional groups attached to an aromatic ring is 1. The highest BCUT2D eigenvalue weighted by atomic mass is 35.5. The molecule has 4 aliphatic rings. The lowest BCUT2D eigenvalue weighted by Gasteiger charge is -2.43. The van der Waals surface area contributed by atoms with Crippen LogP contribution in [0.1, 0.15) is 79.0 Å². The van der Waals surface area contributed by atoms with E-state index in [1.165, 1.54) is 30.7 Å². The van der Waals surface area contributed by atoms with Crippen molar-refractivity contribution in [2.24, 2.45) is 17.1 Å². The number of rotatable bonds is 15. The molecule has 0 bridgehead atoms. The number of fused-ring (bicyclic) bond motifs is 1. The van der Waals surface area contributed by atoms with Gasteiger partial charge in [0.15, 0.2) is 5.82 Å². The number of piperidine rings is 2. The van der Waals surface area contributed by atoms with Gasteiger partial charge in [-0.3, -0.25) is 39.0 Å². The monoisotopic (exact) mass is 860 g/mol. The quantitative estimate of drug-likeness (QED) is 0.0946. The Morgan fingerprint density at radius 2 is 1.75 bits per heavy atom. The fourth-order valence-electron chi connectivity index (χ4n) is 8.37. The largest absolute Gasteiger partial charge is 0.383 e. The molecule has 19 heteroatoms. The molecule has 4 heterocycles. The van der Waals surface area contributed by atoms with Gasteiger partial charge in [-0.15, -0.1) is 0 Å². The van der Waals surface area contributed by atoms with Crippen LogP contribution in [-0.4, -0.2) is 102 Å². The number of nitrogens with one attached hydrogen (secondary N) is 4. The van der Waals surface area contributed by atoms with E-state index < -0.39 is 29.7 Å². The maximum Gasteiger partial charge on any atom is 0.262 e. The lowest BCUT2D eigenvalue weighted by atomic mass is 9.73. The van der Waals surface area contributed by atoms with Crippen LogP contribution < -0.4 is 37.6 Å². The standard InChI is InChI=1S/C41H49ClN10O7S/c1-23-11-12-41(35(23)43)13-17-51(18-14-41)30-22-47-38(36(44)49-30)60-29-4-2-3-27(34(29)42)48-32(54)10-9-31(53)46-16-20-59-19-15-45-24-5-6-25-26(21-24)40(58)52(39(25)57)28-7-8-33(55)50-37(28)56/h2-6,21-23,28,35,45H,7-20,43H2,1H3,(H2,44,49)(H,46,53)(H,48,54)(H,50,55,56). The number of nitrogens with zero attached hydrogens (tertiary/aromatic N) is 4. The minimum Gasteiger partial charge on any atom is -0.383 e. The maximum atomic E-state index is 13.0. The summed E-state index contributed by atoms with van der Waals surface area (Å²) in [6.45, 7) is 5.08. The van der Waals surface area contributed by atoms with E-state index >= 15 is 0 Å². The zero-order valence-electron chi connectivity index (χ0n) is 33.3. The lowest BCUT2D eigenvalue weighted by molar-refractivity contribution is -0.136. The summed E-state index contributed by atoms with van der Waals surface area (Å²) in [5.41, 5.74) is 14.5. The Morgan fingerprint density at radius 3 is 2.48 bits per heavy atom. The summed E-state index contributed by atoms with van der Waals surface area (Å²) in [7, 11) is 0. The minimum atomic E-state index is -1.03. The van der Waals surface area contributed by atoms with Crippen LogP contribution in [0.3, 0.4) is 0 Å². The van der Waals surface area contributed by atoms with Gasteiger partial charge in [0.1, 0.15) is 16.9 Å². The number of aromatic nitrogens is 2. The molecule has 17 nitrogen and oxygen atoms in total. The first-order chi connectivity index (χ1) is 28.8. The van der Waals surface area contributed by atoms with Crippen LogP contribution in [0.5, 0.6) is 0 Å². The smallest absolute Gasteiger partial charge is 0.262 e. The third-order valence-electron chi connectivity index (χ3n) is 11.9. The van der Waals surface area contributed by atoms with Gasteiger partial charge in [-0.2, -0.15) is 0 Å². The van der Waals surface area contributed by atoms with E-state index in [2.05, 4.69) is 43.1 Å². The molecule has 2 aromatic carbocycles. The summed E-state index contributed by atoms with van der Waals surface area (Å²) >= 11 is 7.95. The summed E-state index contributed by atoms with van der Waals surface area (Å²) in [5, 5.41) is 11.6. The number of carbonyl (C=O) groups is 6. The molecular formula is C41H49ClN10O7S. The lowest BCUT2D eigenvalue weighted by Crippen LogP contribution is -2.54. The zero-order valence-corrected chi connectivity index (χ0v) is 34.8. The number of imide groups is 2. The normalized spacial score (nSPS) is 20.9. The van der Waals surface area contributed by atoms with Gasteiger partial charge in [-0.05, 0) is 73.8 Å². The molecule has 1 aliphatic carbocycles. The summed E-state index contributed by atoms with van der Waals surface area (Å²) in [4.78, 5) is 88.0. The number of amides is 6. The Labute approximate surface area is 356 Å². The molecule has 1 spiro atoms. The van der Waals surface area contributed by atoms with Crippen molar-refractivity contribution in [2.75, 3.05) is 60.7 Å². The molecule has 60 heavy (non-hydrogen) atoms. The molecule has 8 N–H and O–H groups in total. The van der Waals surface area contributed by atoms with E-state index in [0.717, 1.165) is 36.6 Å². The molecule has 3 fully saturated rings. The number of carbonyl (C=O) groups excluding carboxylic acids is 6. The van der Waals surface area contributed by atoms with Gasteiger partial charge >= 0.3 is 0 Å². The van der Waals surface area contributed by atoms with Gasteiger partial charge in [0, 0.05) is 62.1 Å². The molecule has 0 radical (unpaired) electrons. The summed E-state index contributed by atoms with van der Waals surface area (Å²) < 4.78 is 5.59. The molecule has 2 saturated heterocycles. The van der Waals surface area contributed by atoms with E-state index in [9.17, 15) is 28.8 Å². The highest BCUT2D eigenvalue weighted by Crippen LogP contribution is 2.48. The van der Waals surface area contributed by atoms with Crippen LogP contribution in [-0.2, 0) is 23.9 Å². The molecule has 3 aromatic rings. The average Bonchev–Trinajstić information content (AvgIpc) is 3.64. The fourth-order valence-corrected chi connectivity index (χ4v) is 9.47. The first kappa shape index (κ1) is 42.8. The average molecular weight is 861 g/mol. The molecule has 3 aliphatic heterocycles. The number of halogens is 1. The van der Waals surface area contributed by atoms with Crippen LogP contribution in [0.15, 0.2) is 52.5 Å². The Bertz CT molecular complexity index is 2180. The van der Waals surface area contributed by atoms with Crippen molar-refractivity contribution in [3.63, 3.8) is 0 Å². The van der Waals surface area contributed by atoms with Crippen LogP contribution in [0.2, 0.25) is 5.02 Å². The fraction of sp³-hybridized carbons (Fsp3) is 0.463. The summed E-state index contributed by atoms with van der Waals surface area (Å²) in [6, 6.07) is 9.17. The van der Waals surface area contributed by atoms with Crippen LogP contribution in [0.4, 0.5) is 23.0 Å². The predicted molar refractivity (Wildman–Crippen MR) is 226 cm³/mol. The van der Waals surface area contributed by atoms with Gasteiger partial charge in [0.05, 0.1) is 41.2 Å². The number of benzene rings is 2. The molecular weight excluding hydrogens is 812 g/mol. The van der Waals surface area contributed by atoms with Crippen molar-refractivity contribution in [3.05, 3.63) is 58.7 Å². The van der Waals surface area contributed by atoms with Crippen LogP contribution >= 0.6 is 23.4 Å². The number of hydrogen-bond acceptors (Lipinski definition) is 14. The second kappa shape index (κ2) is 18.5. The molecule has 1 saturated carbocycles. The van der Waals surface area contributed by atoms with Crippen molar-refractivity contribution in [1.82, 2.24) is 25.5 Å². The Balaban J connectivity index is 0.786. The topological polar surface area (TPSA) is 244 Å². The first-order valence-electron chi connectivity index (χ1n) is 20.2. The molecule has 318 valence electrons. The van der Waals surface area contributed by atoms with Crippen molar-refractivity contribution in [2.45, 2.75) is 80.3 Å². The number of ether oxygens (including phenoxy) is 1. The van der Waals surface area contributed by atoms with E-state index in [4.69, 9.17) is 27.8 Å². The molecule has 3 unspecified atom stereocenters. The summed E-state index contributed by atoms with van der Waals surface area (Å²) in [6.07, 6.45) is 6.18. The van der Waals surface area contributed by atoms with E-state index in [-0.39, 0.29) is 79.8 Å². The minimum absolute atomic E-state index is 0.0393. The third-order valence-corrected chi connectivity index (χ3v) is 13.4. The van der Waals surface area contributed by atoms with Crippen molar-refractivity contribution in [1.29, 1.82) is 0 Å². The third kappa shape index (κ3) is 9.36. The van der Waals surface area contributed by atoms with E-state index in [0.29, 0.717) is 44.6 Å². The van der Waals surface area contributed by atoms with E-state index in [1.807, 2.05) is 0 Å². The molecule has 3 atom stereocenters. The molecule has 6 amide bonds. The zero-order chi connectivity index (χ0) is 42.6. The number of nitrogens with two attached hydrogens (primary N) is 2. The SMILES string of the molecule is CC1CCC2(CCN(c3cnc(Sc4cccc(NC(=O)CCC(=O)NCCOCCNc5ccc6c(c5)C(=O)N(C5CCC(=O)NC5=O)C6=O)c4Cl)c(N)n3)CC2)C1N. The predicted octanol–water partition coefficient (Wildman–Crippen LogP) is 3.57. The Morgan fingerprint density at radius 1 is 1.00 bits per heavy atom. The summed E-state index contributed by atoms with van der Waals surface area (Å²) in [5.74, 6) is -1.37. The second-order valence-electron chi connectivity index (χ2n) is 15.7. The van der Waals surface area contributed by atoms with Crippen molar-refractivity contribution >= 4 is 81.8 Å². The number of hydrogen-bond donors (Lipinski definition) is 6. The van der Waals surface area contributed by atoms with Gasteiger partial charge in [0.2, 0.25) is 23.6 Å². The number of anilines is 4. The Hall–Kier alpha value is -5.30. The highest BCUT2D eigenvalue weighted by Gasteiger charge is 2.47. The van der Waals surface area contributed by atoms with Gasteiger partial charge < -0.3 is 37.1 Å². The molecule has 1 aromatic heterocycles. The van der Waals surface area contributed by atoms with E-state index in [1.54, 1.807) is 36.5 Å². The maximum absolute atomic E-state index is 13.0. The van der Waals surface area contributed by atoms with Crippen LogP contribution in [0, 0.1) is 11.3 Å². The second-order valence-corrected chi connectivity index (χ2v) is 17.1. The van der Waals surface area contributed by atoms with Crippen molar-refractivity contribution in [3.8, 4) is 0 Å². The molecule has 7 rings (SSSR count). The van der Waals surface area contributed by atoms with Crippen LogP contribution in [0.25, 0.3) is 0 Å². The van der Waals surface area contributed by atoms with Gasteiger partial charge in [-0.25, -0.2) is 9.97 Å². The van der Waals surface area contributed by atoms with Crippen molar-refractivity contribution < 1.29 is 33.5 Å².